The molecule has 1 N–H and O–H groups in total. The lowest BCUT2D eigenvalue weighted by molar-refractivity contribution is -0.122. The third kappa shape index (κ3) is 3.59. The molecule has 0 aliphatic carbocycles. The van der Waals surface area contributed by atoms with Crippen LogP contribution in [0.3, 0.4) is 0 Å². The molecule has 0 fully saturated rings. The van der Waals surface area contributed by atoms with E-state index in [2.05, 4.69) is 20.7 Å². The molecule has 0 spiro atoms. The summed E-state index contributed by atoms with van der Waals surface area (Å²) in [6.07, 6.45) is 0.858. The van der Waals surface area contributed by atoms with Crippen molar-refractivity contribution < 1.29 is 9.18 Å². The smallest absolute Gasteiger partial charge is 0.243 e. The number of nitrogens with one attached hydrogen (secondary N) is 1. The number of halogens is 1. The number of carbonyl (C=O) groups is 1. The first-order valence-corrected chi connectivity index (χ1v) is 6.41. The van der Waals surface area contributed by atoms with Gasteiger partial charge in [-0.2, -0.15) is 4.80 Å². The molecular weight excluding hydrogens is 261 g/mol. The van der Waals surface area contributed by atoms with E-state index in [9.17, 15) is 9.18 Å². The van der Waals surface area contributed by atoms with Crippen molar-refractivity contribution in [1.82, 2.24) is 25.5 Å². The summed E-state index contributed by atoms with van der Waals surface area (Å²) >= 11 is 0. The van der Waals surface area contributed by atoms with Crippen molar-refractivity contribution in [1.29, 1.82) is 0 Å². The molecule has 20 heavy (non-hydrogen) atoms. The van der Waals surface area contributed by atoms with Crippen LogP contribution in [0.4, 0.5) is 4.39 Å². The van der Waals surface area contributed by atoms with Gasteiger partial charge >= 0.3 is 0 Å². The summed E-state index contributed by atoms with van der Waals surface area (Å²) in [6, 6.07) is 5.89. The molecule has 1 amide bonds. The van der Waals surface area contributed by atoms with Crippen LogP contribution in [0.2, 0.25) is 0 Å². The summed E-state index contributed by atoms with van der Waals surface area (Å²) in [4.78, 5) is 12.9. The lowest BCUT2D eigenvalue weighted by Gasteiger charge is -2.10. The summed E-state index contributed by atoms with van der Waals surface area (Å²) in [5, 5.41) is 14.6. The van der Waals surface area contributed by atoms with E-state index < -0.39 is 0 Å². The van der Waals surface area contributed by atoms with Gasteiger partial charge in [-0.15, -0.1) is 10.2 Å². The maximum Gasteiger partial charge on any atom is 0.243 e. The van der Waals surface area contributed by atoms with Crippen molar-refractivity contribution in [2.45, 2.75) is 32.9 Å². The van der Waals surface area contributed by atoms with E-state index >= 15 is 0 Å². The molecule has 6 nitrogen and oxygen atoms in total. The van der Waals surface area contributed by atoms with Gasteiger partial charge < -0.3 is 5.32 Å². The fourth-order valence-electron chi connectivity index (χ4n) is 1.58. The summed E-state index contributed by atoms with van der Waals surface area (Å²) in [6.45, 7) is 3.93. The van der Waals surface area contributed by atoms with Gasteiger partial charge in [-0.3, -0.25) is 4.79 Å². The van der Waals surface area contributed by atoms with Gasteiger partial charge in [-0.1, -0.05) is 6.92 Å². The van der Waals surface area contributed by atoms with Crippen LogP contribution in [-0.2, 0) is 11.3 Å². The third-order valence-electron chi connectivity index (χ3n) is 2.86. The first kappa shape index (κ1) is 14.1. The molecule has 1 atom stereocenters. The van der Waals surface area contributed by atoms with Gasteiger partial charge in [0.05, 0.1) is 0 Å². The Bertz CT molecular complexity index is 581. The highest BCUT2D eigenvalue weighted by atomic mass is 19.1. The van der Waals surface area contributed by atoms with Gasteiger partial charge in [-0.05, 0) is 42.8 Å². The number of benzene rings is 1. The quantitative estimate of drug-likeness (QED) is 0.896. The number of amides is 1. The summed E-state index contributed by atoms with van der Waals surface area (Å²) in [7, 11) is 0. The fourth-order valence-corrected chi connectivity index (χ4v) is 1.58. The van der Waals surface area contributed by atoms with E-state index in [4.69, 9.17) is 0 Å². The zero-order valence-corrected chi connectivity index (χ0v) is 11.4. The van der Waals surface area contributed by atoms with E-state index in [0.29, 0.717) is 11.4 Å². The van der Waals surface area contributed by atoms with E-state index in [1.165, 1.54) is 16.9 Å². The average Bonchev–Trinajstić information content (AvgIpc) is 2.87. The first-order chi connectivity index (χ1) is 9.58. The summed E-state index contributed by atoms with van der Waals surface area (Å²) < 4.78 is 12.8. The van der Waals surface area contributed by atoms with Crippen LogP contribution in [-0.4, -0.2) is 32.2 Å². The van der Waals surface area contributed by atoms with E-state index in [1.807, 2.05) is 13.8 Å². The molecule has 1 heterocycles. The van der Waals surface area contributed by atoms with Crippen LogP contribution in [0.15, 0.2) is 24.3 Å². The monoisotopic (exact) mass is 277 g/mol. The zero-order chi connectivity index (χ0) is 14.5. The molecule has 0 saturated carbocycles. The Kier molecular flexibility index (Phi) is 4.39. The second-order valence-corrected chi connectivity index (χ2v) is 4.53. The van der Waals surface area contributed by atoms with Crippen molar-refractivity contribution in [2.24, 2.45) is 0 Å². The van der Waals surface area contributed by atoms with E-state index in [0.717, 1.165) is 6.42 Å². The number of rotatable bonds is 5. The Balaban J connectivity index is 2.02. The molecular formula is C13H16FN5O. The van der Waals surface area contributed by atoms with Crippen LogP contribution in [0, 0.1) is 5.82 Å². The Morgan fingerprint density at radius 1 is 1.40 bits per heavy atom. The van der Waals surface area contributed by atoms with Crippen molar-refractivity contribution in [2.75, 3.05) is 0 Å². The minimum Gasteiger partial charge on any atom is -0.352 e. The highest BCUT2D eigenvalue weighted by Gasteiger charge is 2.10. The lowest BCUT2D eigenvalue weighted by atomic mass is 10.2. The fraction of sp³-hybridized carbons (Fsp3) is 0.385. The van der Waals surface area contributed by atoms with Crippen LogP contribution in [0.5, 0.6) is 0 Å². The number of carbonyl (C=O) groups excluding carboxylic acids is 1. The molecule has 2 aromatic rings. The topological polar surface area (TPSA) is 72.7 Å². The molecule has 1 unspecified atom stereocenters. The standard InChI is InChI=1S/C13H16FN5O/c1-3-9(2)15-12(20)8-19-17-13(16-18-19)10-4-6-11(14)7-5-10/h4-7,9H,3,8H2,1-2H3,(H,15,20). The molecule has 0 radical (unpaired) electrons. The number of nitrogens with zero attached hydrogens (tertiary/aromatic N) is 4. The molecule has 7 heteroatoms. The van der Waals surface area contributed by atoms with Crippen LogP contribution >= 0.6 is 0 Å². The molecule has 1 aromatic heterocycles. The molecule has 0 bridgehead atoms. The van der Waals surface area contributed by atoms with Gasteiger partial charge in [0, 0.05) is 11.6 Å². The minimum absolute atomic E-state index is 0.0124. The Hall–Kier alpha value is -2.31. The Morgan fingerprint density at radius 3 is 2.75 bits per heavy atom. The van der Waals surface area contributed by atoms with E-state index in [-0.39, 0.29) is 24.3 Å². The van der Waals surface area contributed by atoms with Crippen LogP contribution in [0.1, 0.15) is 20.3 Å². The number of tetrazole rings is 1. The maximum absolute atomic E-state index is 12.8. The first-order valence-electron chi connectivity index (χ1n) is 6.41. The normalized spacial score (nSPS) is 12.2. The van der Waals surface area contributed by atoms with Gasteiger partial charge in [-0.25, -0.2) is 4.39 Å². The minimum atomic E-state index is -0.325. The van der Waals surface area contributed by atoms with Crippen molar-refractivity contribution in [3.8, 4) is 11.4 Å². The summed E-state index contributed by atoms with van der Waals surface area (Å²) in [5.41, 5.74) is 0.653. The average molecular weight is 277 g/mol. The molecule has 1 aromatic carbocycles. The predicted molar refractivity (Wildman–Crippen MR) is 71.1 cm³/mol. The lowest BCUT2D eigenvalue weighted by Crippen LogP contribution is -2.35. The Labute approximate surface area is 116 Å². The largest absolute Gasteiger partial charge is 0.352 e. The SMILES string of the molecule is CCC(C)NC(=O)Cn1nnc(-c2ccc(F)cc2)n1. The number of hydrogen-bond acceptors (Lipinski definition) is 4. The zero-order valence-electron chi connectivity index (χ0n) is 11.4. The second kappa shape index (κ2) is 6.23. The van der Waals surface area contributed by atoms with Crippen LogP contribution in [0.25, 0.3) is 11.4 Å². The van der Waals surface area contributed by atoms with Crippen molar-refractivity contribution >= 4 is 5.91 Å². The van der Waals surface area contributed by atoms with Crippen molar-refractivity contribution in [3.05, 3.63) is 30.1 Å². The molecule has 0 aliphatic heterocycles. The highest BCUT2D eigenvalue weighted by Crippen LogP contribution is 2.13. The predicted octanol–water partition coefficient (Wildman–Crippen LogP) is 1.39. The summed E-state index contributed by atoms with van der Waals surface area (Å²) in [5.74, 6) is -0.127. The van der Waals surface area contributed by atoms with Gasteiger partial charge in [0.25, 0.3) is 0 Å². The second-order valence-electron chi connectivity index (χ2n) is 4.53. The van der Waals surface area contributed by atoms with Crippen molar-refractivity contribution in [3.63, 3.8) is 0 Å². The van der Waals surface area contributed by atoms with Gasteiger partial charge in [0.1, 0.15) is 12.4 Å². The van der Waals surface area contributed by atoms with E-state index in [1.54, 1.807) is 12.1 Å². The Morgan fingerprint density at radius 2 is 2.10 bits per heavy atom. The van der Waals surface area contributed by atoms with Crippen LogP contribution < -0.4 is 5.32 Å². The highest BCUT2D eigenvalue weighted by molar-refractivity contribution is 5.75. The molecule has 2 rings (SSSR count). The molecule has 0 aliphatic rings. The third-order valence-corrected chi connectivity index (χ3v) is 2.86. The molecule has 106 valence electrons. The number of hydrogen-bond donors (Lipinski definition) is 1. The van der Waals surface area contributed by atoms with Gasteiger partial charge in [0.15, 0.2) is 0 Å². The van der Waals surface area contributed by atoms with Gasteiger partial charge in [0.2, 0.25) is 11.7 Å². The molecule has 0 saturated heterocycles. The maximum atomic E-state index is 12.8. The number of aromatic nitrogens is 4.